The molecule has 1 aliphatic heterocycles. The number of rotatable bonds is 5. The van der Waals surface area contributed by atoms with Crippen LogP contribution >= 0.6 is 11.3 Å². The first kappa shape index (κ1) is 16.3. The van der Waals surface area contributed by atoms with Gasteiger partial charge in [-0.3, -0.25) is 19.7 Å². The van der Waals surface area contributed by atoms with E-state index in [1.807, 2.05) is 30.6 Å². The van der Waals surface area contributed by atoms with Crippen molar-refractivity contribution in [2.24, 2.45) is 0 Å². The number of Topliss-reactive ketones (excluding diaryl/α,β-unsaturated/α-hetero) is 1. The number of hydrogen-bond acceptors (Lipinski definition) is 6. The highest BCUT2D eigenvalue weighted by Gasteiger charge is 2.15. The quantitative estimate of drug-likeness (QED) is 0.705. The molecule has 3 aromatic heterocycles. The number of piperidine rings is 1. The summed E-state index contributed by atoms with van der Waals surface area (Å²) in [6.45, 7) is 2.61. The largest absolute Gasteiger partial charge is 0.298 e. The van der Waals surface area contributed by atoms with Gasteiger partial charge in [0, 0.05) is 23.5 Å². The zero-order valence-electron chi connectivity index (χ0n) is 14.0. The van der Waals surface area contributed by atoms with Crippen LogP contribution in [-0.4, -0.2) is 45.3 Å². The number of thiazole rings is 1. The van der Waals surface area contributed by atoms with Gasteiger partial charge in [0.05, 0.1) is 34.6 Å². The highest BCUT2D eigenvalue weighted by molar-refractivity contribution is 7.13. The van der Waals surface area contributed by atoms with Crippen molar-refractivity contribution < 1.29 is 4.79 Å². The summed E-state index contributed by atoms with van der Waals surface area (Å²) in [4.78, 5) is 28.9. The van der Waals surface area contributed by atoms with Gasteiger partial charge in [-0.2, -0.15) is 0 Å². The number of nitrogens with zero attached hydrogens (tertiary/aromatic N) is 4. The molecule has 25 heavy (non-hydrogen) atoms. The van der Waals surface area contributed by atoms with Crippen LogP contribution < -0.4 is 0 Å². The van der Waals surface area contributed by atoms with Crippen LogP contribution in [0.25, 0.3) is 21.5 Å². The Labute approximate surface area is 150 Å². The lowest BCUT2D eigenvalue weighted by molar-refractivity contribution is -0.119. The second kappa shape index (κ2) is 7.37. The number of aromatic nitrogens is 3. The lowest BCUT2D eigenvalue weighted by Gasteiger charge is -2.25. The van der Waals surface area contributed by atoms with Gasteiger partial charge < -0.3 is 0 Å². The highest BCUT2D eigenvalue weighted by atomic mass is 32.1. The standard InChI is InChI=1S/C19H20N4OS/c24-16(12-23-6-2-1-3-7-23)8-15-9-18-14(10-21-15)4-5-17(22-18)19-11-20-13-25-19/h4-5,9-11,13H,1-3,6-8,12H2. The molecule has 0 saturated carbocycles. The molecule has 0 unspecified atom stereocenters. The van der Waals surface area contributed by atoms with E-state index in [1.54, 1.807) is 16.8 Å². The molecule has 0 atom stereocenters. The first-order chi connectivity index (χ1) is 12.3. The number of hydrogen-bond donors (Lipinski definition) is 0. The molecule has 1 aliphatic rings. The highest BCUT2D eigenvalue weighted by Crippen LogP contribution is 2.24. The second-order valence-electron chi connectivity index (χ2n) is 6.48. The van der Waals surface area contributed by atoms with Gasteiger partial charge in [-0.1, -0.05) is 6.42 Å². The molecule has 0 N–H and O–H groups in total. The zero-order valence-corrected chi connectivity index (χ0v) is 14.8. The molecule has 3 aromatic rings. The average Bonchev–Trinajstić information content (AvgIpc) is 3.16. The fourth-order valence-corrected chi connectivity index (χ4v) is 3.85. The number of fused-ring (bicyclic) bond motifs is 1. The second-order valence-corrected chi connectivity index (χ2v) is 7.37. The molecular formula is C19H20N4OS. The van der Waals surface area contributed by atoms with Crippen LogP contribution in [0.15, 0.2) is 36.1 Å². The summed E-state index contributed by atoms with van der Waals surface area (Å²) in [5, 5.41) is 0.987. The minimum atomic E-state index is 0.229. The molecule has 1 saturated heterocycles. The van der Waals surface area contributed by atoms with Crippen LogP contribution in [0.1, 0.15) is 25.0 Å². The van der Waals surface area contributed by atoms with Crippen molar-refractivity contribution in [3.05, 3.63) is 41.8 Å². The molecule has 0 radical (unpaired) electrons. The summed E-state index contributed by atoms with van der Waals surface area (Å²) in [7, 11) is 0. The van der Waals surface area contributed by atoms with E-state index in [0.717, 1.165) is 40.3 Å². The van der Waals surface area contributed by atoms with E-state index in [9.17, 15) is 4.79 Å². The molecule has 4 rings (SSSR count). The molecule has 4 heterocycles. The minimum Gasteiger partial charge on any atom is -0.298 e. The summed E-state index contributed by atoms with van der Waals surface area (Å²) in [6.07, 6.45) is 7.69. The normalized spacial score (nSPS) is 15.5. The summed E-state index contributed by atoms with van der Waals surface area (Å²) in [5.41, 5.74) is 4.38. The maximum atomic E-state index is 12.4. The van der Waals surface area contributed by atoms with Gasteiger partial charge in [-0.15, -0.1) is 11.3 Å². The van der Waals surface area contributed by atoms with Crippen molar-refractivity contribution in [1.29, 1.82) is 0 Å². The van der Waals surface area contributed by atoms with Crippen molar-refractivity contribution in [2.75, 3.05) is 19.6 Å². The summed E-state index contributed by atoms with van der Waals surface area (Å²) >= 11 is 1.57. The van der Waals surface area contributed by atoms with E-state index in [1.165, 1.54) is 19.3 Å². The average molecular weight is 352 g/mol. The Bertz CT molecular complexity index is 872. The number of likely N-dealkylation sites (tertiary alicyclic amines) is 1. The maximum absolute atomic E-state index is 12.4. The van der Waals surface area contributed by atoms with Crippen molar-refractivity contribution >= 4 is 28.0 Å². The van der Waals surface area contributed by atoms with E-state index in [4.69, 9.17) is 4.98 Å². The first-order valence-corrected chi connectivity index (χ1v) is 9.54. The van der Waals surface area contributed by atoms with Crippen LogP contribution in [0.2, 0.25) is 0 Å². The van der Waals surface area contributed by atoms with Crippen LogP contribution in [0.5, 0.6) is 0 Å². The molecule has 0 aliphatic carbocycles. The molecule has 128 valence electrons. The van der Waals surface area contributed by atoms with Gasteiger partial charge in [0.25, 0.3) is 0 Å². The van der Waals surface area contributed by atoms with Crippen LogP contribution in [-0.2, 0) is 11.2 Å². The van der Waals surface area contributed by atoms with E-state index in [2.05, 4.69) is 14.9 Å². The Morgan fingerprint density at radius 2 is 2.04 bits per heavy atom. The van der Waals surface area contributed by atoms with E-state index in [-0.39, 0.29) is 5.78 Å². The molecule has 5 nitrogen and oxygen atoms in total. The number of carbonyl (C=O) groups is 1. The molecule has 1 fully saturated rings. The third kappa shape index (κ3) is 3.91. The smallest absolute Gasteiger partial charge is 0.152 e. The monoisotopic (exact) mass is 352 g/mol. The lowest BCUT2D eigenvalue weighted by atomic mass is 10.1. The summed E-state index contributed by atoms with van der Waals surface area (Å²) in [5.74, 6) is 0.229. The number of carbonyl (C=O) groups excluding carboxylic acids is 1. The van der Waals surface area contributed by atoms with Crippen LogP contribution in [0.4, 0.5) is 0 Å². The Morgan fingerprint density at radius 1 is 1.16 bits per heavy atom. The third-order valence-corrected chi connectivity index (χ3v) is 5.34. The SMILES string of the molecule is O=C(Cc1cc2nc(-c3cncs3)ccc2cn1)CN1CCCCC1. The van der Waals surface area contributed by atoms with Gasteiger partial charge >= 0.3 is 0 Å². The third-order valence-electron chi connectivity index (χ3n) is 4.54. The Morgan fingerprint density at radius 3 is 2.84 bits per heavy atom. The van der Waals surface area contributed by atoms with Gasteiger partial charge in [0.2, 0.25) is 0 Å². The lowest BCUT2D eigenvalue weighted by Crippen LogP contribution is -2.35. The molecule has 0 bridgehead atoms. The Balaban J connectivity index is 1.50. The van der Waals surface area contributed by atoms with Crippen LogP contribution in [0.3, 0.4) is 0 Å². The topological polar surface area (TPSA) is 59.0 Å². The molecule has 0 spiro atoms. The van der Waals surface area contributed by atoms with Gasteiger partial charge in [-0.25, -0.2) is 4.98 Å². The summed E-state index contributed by atoms with van der Waals surface area (Å²) in [6, 6.07) is 5.94. The van der Waals surface area contributed by atoms with E-state index in [0.29, 0.717) is 13.0 Å². The molecule has 0 amide bonds. The van der Waals surface area contributed by atoms with Gasteiger partial charge in [0.1, 0.15) is 0 Å². The zero-order chi connectivity index (χ0) is 17.1. The minimum absolute atomic E-state index is 0.229. The number of pyridine rings is 2. The van der Waals surface area contributed by atoms with Crippen molar-refractivity contribution in [3.8, 4) is 10.6 Å². The fourth-order valence-electron chi connectivity index (χ4n) is 3.26. The Kier molecular flexibility index (Phi) is 4.81. The van der Waals surface area contributed by atoms with Gasteiger partial charge in [0.15, 0.2) is 5.78 Å². The number of ketones is 1. The van der Waals surface area contributed by atoms with Crippen molar-refractivity contribution in [3.63, 3.8) is 0 Å². The van der Waals surface area contributed by atoms with Crippen molar-refractivity contribution in [2.45, 2.75) is 25.7 Å². The predicted molar refractivity (Wildman–Crippen MR) is 99.6 cm³/mol. The maximum Gasteiger partial charge on any atom is 0.152 e. The van der Waals surface area contributed by atoms with Crippen molar-refractivity contribution in [1.82, 2.24) is 19.9 Å². The fraction of sp³-hybridized carbons (Fsp3) is 0.368. The van der Waals surface area contributed by atoms with Crippen LogP contribution in [0, 0.1) is 0 Å². The first-order valence-electron chi connectivity index (χ1n) is 8.66. The van der Waals surface area contributed by atoms with E-state index >= 15 is 0 Å². The Hall–Kier alpha value is -2.18. The van der Waals surface area contributed by atoms with Gasteiger partial charge in [-0.05, 0) is 44.1 Å². The predicted octanol–water partition coefficient (Wildman–Crippen LogP) is 3.35. The molecular weight excluding hydrogens is 332 g/mol. The molecule has 0 aromatic carbocycles. The van der Waals surface area contributed by atoms with E-state index < -0.39 is 0 Å². The molecule has 6 heteroatoms. The summed E-state index contributed by atoms with van der Waals surface area (Å²) < 4.78 is 0.